The van der Waals surface area contributed by atoms with E-state index in [2.05, 4.69) is 0 Å². The van der Waals surface area contributed by atoms with Gasteiger partial charge in [0.25, 0.3) is 5.91 Å². The lowest BCUT2D eigenvalue weighted by atomic mass is 9.86. The molecule has 2 heterocycles. The molecule has 1 amide bonds. The zero-order chi connectivity index (χ0) is 19.9. The summed E-state index contributed by atoms with van der Waals surface area (Å²) in [4.78, 5) is 50.8. The van der Waals surface area contributed by atoms with Crippen LogP contribution in [-0.4, -0.2) is 57.5 Å². The molecule has 144 valence electrons. The van der Waals surface area contributed by atoms with E-state index in [1.165, 1.54) is 6.92 Å². The Morgan fingerprint density at radius 3 is 2.42 bits per heavy atom. The van der Waals surface area contributed by atoms with Crippen molar-refractivity contribution in [3.05, 3.63) is 11.3 Å². The number of rotatable bonds is 4. The van der Waals surface area contributed by atoms with Gasteiger partial charge in [-0.2, -0.15) is 0 Å². The molecule has 0 saturated carbocycles. The van der Waals surface area contributed by atoms with Crippen molar-refractivity contribution in [3.8, 4) is 0 Å². The van der Waals surface area contributed by atoms with Crippen LogP contribution in [0.5, 0.6) is 0 Å². The van der Waals surface area contributed by atoms with Gasteiger partial charge in [0.15, 0.2) is 5.78 Å². The maximum Gasteiger partial charge on any atom is 0.348 e. The molecule has 8 heteroatoms. The van der Waals surface area contributed by atoms with Crippen molar-refractivity contribution in [2.75, 3.05) is 6.61 Å². The van der Waals surface area contributed by atoms with Crippen molar-refractivity contribution in [1.29, 1.82) is 0 Å². The molecule has 0 aliphatic carbocycles. The van der Waals surface area contributed by atoms with Crippen LogP contribution in [0.1, 0.15) is 53.9 Å². The summed E-state index contributed by atoms with van der Waals surface area (Å²) in [5.74, 6) is -3.09. The highest BCUT2D eigenvalue weighted by Crippen LogP contribution is 2.41. The average Bonchev–Trinajstić information content (AvgIpc) is 2.94. The van der Waals surface area contributed by atoms with Crippen LogP contribution in [0, 0.1) is 0 Å². The van der Waals surface area contributed by atoms with E-state index in [1.807, 2.05) is 0 Å². The van der Waals surface area contributed by atoms with Gasteiger partial charge in [-0.25, -0.2) is 9.59 Å². The summed E-state index contributed by atoms with van der Waals surface area (Å²) < 4.78 is 10.2. The number of carbonyl (C=O) groups excluding carboxylic acids is 4. The largest absolute Gasteiger partial charge is 0.463 e. The first-order valence-electron chi connectivity index (χ1n) is 8.61. The van der Waals surface area contributed by atoms with E-state index in [0.717, 1.165) is 4.90 Å². The molecule has 2 rings (SSSR count). The third kappa shape index (κ3) is 3.51. The predicted octanol–water partition coefficient (Wildman–Crippen LogP) is 0.860. The number of allylic oxidation sites excluding steroid dienone is 1. The van der Waals surface area contributed by atoms with E-state index in [0.29, 0.717) is 12.1 Å². The number of aliphatic hydroxyl groups is 1. The first-order chi connectivity index (χ1) is 11.9. The number of amides is 1. The van der Waals surface area contributed by atoms with Crippen molar-refractivity contribution >= 4 is 23.6 Å². The lowest BCUT2D eigenvalue weighted by Gasteiger charge is -2.38. The van der Waals surface area contributed by atoms with E-state index >= 15 is 0 Å². The van der Waals surface area contributed by atoms with E-state index in [-0.39, 0.29) is 24.4 Å². The Morgan fingerprint density at radius 2 is 1.92 bits per heavy atom. The molecule has 2 aliphatic heterocycles. The zero-order valence-electron chi connectivity index (χ0n) is 15.7. The number of fused-ring (bicyclic) bond motifs is 1. The van der Waals surface area contributed by atoms with Gasteiger partial charge in [-0.05, 0) is 47.5 Å². The Hall–Kier alpha value is -2.22. The summed E-state index contributed by atoms with van der Waals surface area (Å²) in [5.41, 5.74) is -2.76. The fourth-order valence-electron chi connectivity index (χ4n) is 3.23. The normalized spacial score (nSPS) is 25.8. The second-order valence-electron chi connectivity index (χ2n) is 7.50. The summed E-state index contributed by atoms with van der Waals surface area (Å²) in [5, 5.41) is 10.7. The van der Waals surface area contributed by atoms with Gasteiger partial charge in [0.05, 0.1) is 6.61 Å². The van der Waals surface area contributed by atoms with Gasteiger partial charge >= 0.3 is 11.9 Å². The van der Waals surface area contributed by atoms with Crippen molar-refractivity contribution < 1.29 is 33.8 Å². The molecule has 0 bridgehead atoms. The molecule has 0 radical (unpaired) electrons. The van der Waals surface area contributed by atoms with Crippen LogP contribution in [0.15, 0.2) is 11.3 Å². The minimum absolute atomic E-state index is 0.0319. The minimum Gasteiger partial charge on any atom is -0.463 e. The third-order valence-electron chi connectivity index (χ3n) is 4.33. The van der Waals surface area contributed by atoms with Crippen LogP contribution in [-0.2, 0) is 28.7 Å². The molecule has 1 N–H and O–H groups in total. The molecule has 1 fully saturated rings. The lowest BCUT2D eigenvalue weighted by molar-refractivity contribution is -0.180. The SMILES string of the molecule is CCOC(=O)[C@@]1(O)CC(C(C)=O)=C2CC[C@@H](C(=O)OC(C)(C)C)N2C1=O. The number of hydrogen-bond acceptors (Lipinski definition) is 7. The Kier molecular flexibility index (Phi) is 5.28. The maximum absolute atomic E-state index is 12.9. The zero-order valence-corrected chi connectivity index (χ0v) is 15.7. The smallest absolute Gasteiger partial charge is 0.348 e. The molecular formula is C18H25NO7. The summed E-state index contributed by atoms with van der Waals surface area (Å²) >= 11 is 0. The molecule has 2 aliphatic rings. The van der Waals surface area contributed by atoms with Crippen LogP contribution >= 0.6 is 0 Å². The molecule has 2 atom stereocenters. The Balaban J connectivity index is 2.47. The average molecular weight is 367 g/mol. The van der Waals surface area contributed by atoms with Crippen LogP contribution in [0.4, 0.5) is 0 Å². The van der Waals surface area contributed by atoms with E-state index in [9.17, 15) is 24.3 Å². The molecule has 0 spiro atoms. The van der Waals surface area contributed by atoms with Gasteiger partial charge in [0.1, 0.15) is 11.6 Å². The van der Waals surface area contributed by atoms with Gasteiger partial charge in [-0.3, -0.25) is 14.5 Å². The Morgan fingerprint density at radius 1 is 1.31 bits per heavy atom. The molecule has 1 saturated heterocycles. The molecule has 0 aromatic carbocycles. The lowest BCUT2D eigenvalue weighted by Crippen LogP contribution is -2.60. The van der Waals surface area contributed by atoms with Gasteiger partial charge < -0.3 is 14.6 Å². The number of ether oxygens (including phenoxy) is 2. The Bertz CT molecular complexity index is 688. The van der Waals surface area contributed by atoms with E-state index in [1.54, 1.807) is 27.7 Å². The van der Waals surface area contributed by atoms with Gasteiger partial charge in [-0.1, -0.05) is 0 Å². The number of esters is 2. The highest BCUT2D eigenvalue weighted by Gasteiger charge is 2.57. The summed E-state index contributed by atoms with van der Waals surface area (Å²) in [6.45, 7) is 7.90. The number of nitrogens with zero attached hydrogens (tertiary/aromatic N) is 1. The topological polar surface area (TPSA) is 110 Å². The van der Waals surface area contributed by atoms with Crippen LogP contribution in [0.25, 0.3) is 0 Å². The van der Waals surface area contributed by atoms with Gasteiger partial charge in [-0.15, -0.1) is 0 Å². The minimum atomic E-state index is -2.52. The van der Waals surface area contributed by atoms with E-state index < -0.39 is 41.5 Å². The van der Waals surface area contributed by atoms with Gasteiger partial charge in [0.2, 0.25) is 5.60 Å². The molecule has 26 heavy (non-hydrogen) atoms. The van der Waals surface area contributed by atoms with Crippen molar-refractivity contribution in [1.82, 2.24) is 4.90 Å². The van der Waals surface area contributed by atoms with Crippen LogP contribution in [0.2, 0.25) is 0 Å². The first-order valence-corrected chi connectivity index (χ1v) is 8.61. The number of ketones is 1. The number of carbonyl (C=O) groups is 4. The van der Waals surface area contributed by atoms with Crippen molar-refractivity contribution in [3.63, 3.8) is 0 Å². The second-order valence-corrected chi connectivity index (χ2v) is 7.50. The molecular weight excluding hydrogens is 342 g/mol. The number of Topliss-reactive ketones (excluding diaryl/α,β-unsaturated/α-hetero) is 1. The first kappa shape index (κ1) is 20.1. The number of hydrogen-bond donors (Lipinski definition) is 1. The van der Waals surface area contributed by atoms with Crippen molar-refractivity contribution in [2.24, 2.45) is 0 Å². The quantitative estimate of drug-likeness (QED) is 0.579. The third-order valence-corrected chi connectivity index (χ3v) is 4.33. The van der Waals surface area contributed by atoms with Crippen LogP contribution in [0.3, 0.4) is 0 Å². The molecule has 0 aromatic heterocycles. The maximum atomic E-state index is 12.9. The molecule has 0 unspecified atom stereocenters. The second kappa shape index (κ2) is 6.83. The molecule has 0 aromatic rings. The standard InChI is InChI=1S/C18H25NO7/c1-6-25-16(23)18(24)9-11(10(2)20)12-7-8-13(19(12)15(18)22)14(21)26-17(3,4)5/h13,24H,6-9H2,1-5H3/t13-,18+/m0/s1. The summed E-state index contributed by atoms with van der Waals surface area (Å²) in [6.07, 6.45) is 0.113. The predicted molar refractivity (Wildman–Crippen MR) is 89.6 cm³/mol. The summed E-state index contributed by atoms with van der Waals surface area (Å²) in [6, 6.07) is -0.993. The van der Waals surface area contributed by atoms with Gasteiger partial charge in [0, 0.05) is 17.7 Å². The van der Waals surface area contributed by atoms with Crippen molar-refractivity contribution in [2.45, 2.75) is 71.1 Å². The molecule has 8 nitrogen and oxygen atoms in total. The monoisotopic (exact) mass is 367 g/mol. The Labute approximate surface area is 152 Å². The fourth-order valence-corrected chi connectivity index (χ4v) is 3.23. The summed E-state index contributed by atoms with van der Waals surface area (Å²) in [7, 11) is 0. The highest BCUT2D eigenvalue weighted by atomic mass is 16.6. The fraction of sp³-hybridized carbons (Fsp3) is 0.667. The highest BCUT2D eigenvalue weighted by molar-refractivity contribution is 6.11. The van der Waals surface area contributed by atoms with Crippen LogP contribution < -0.4 is 0 Å². The van der Waals surface area contributed by atoms with E-state index in [4.69, 9.17) is 9.47 Å².